The van der Waals surface area contributed by atoms with Gasteiger partial charge >= 0.3 is 0 Å². The Labute approximate surface area is 164 Å². The summed E-state index contributed by atoms with van der Waals surface area (Å²) in [5.74, 6) is -4.33. The van der Waals surface area contributed by atoms with E-state index in [2.05, 4.69) is 0 Å². The molecule has 1 aliphatic rings. The minimum Gasteiger partial charge on any atom is -0.548 e. The third kappa shape index (κ3) is 3.70. The predicted octanol–water partition coefficient (Wildman–Crippen LogP) is 1.07. The van der Waals surface area contributed by atoms with E-state index in [1.165, 1.54) is 18.2 Å². The SMILES string of the molecule is Cc1ccc(C(O)=C2C(=O)C(=O)N(CC(=O)[O-])[C@@H]2c2cccc([N+](=O)[O-])c2)cc1. The maximum Gasteiger partial charge on any atom is 0.295 e. The van der Waals surface area contributed by atoms with Gasteiger partial charge in [0.15, 0.2) is 0 Å². The number of rotatable bonds is 5. The fourth-order valence-corrected chi connectivity index (χ4v) is 3.20. The van der Waals surface area contributed by atoms with Crippen molar-refractivity contribution in [3.05, 3.63) is 80.9 Å². The summed E-state index contributed by atoms with van der Waals surface area (Å²) in [5.41, 5.74) is 0.609. The van der Waals surface area contributed by atoms with Crippen LogP contribution in [0.3, 0.4) is 0 Å². The fourth-order valence-electron chi connectivity index (χ4n) is 3.20. The van der Waals surface area contributed by atoms with Crippen LogP contribution in [0.25, 0.3) is 5.76 Å². The van der Waals surface area contributed by atoms with Gasteiger partial charge in [0.2, 0.25) is 0 Å². The molecule has 2 aromatic carbocycles. The highest BCUT2D eigenvalue weighted by atomic mass is 16.6. The first-order chi connectivity index (χ1) is 13.7. The lowest BCUT2D eigenvalue weighted by atomic mass is 9.95. The van der Waals surface area contributed by atoms with E-state index in [4.69, 9.17) is 0 Å². The number of carboxylic acids is 1. The lowest BCUT2D eigenvalue weighted by Crippen LogP contribution is -2.40. The summed E-state index contributed by atoms with van der Waals surface area (Å²) in [7, 11) is 0. The molecule has 1 aliphatic heterocycles. The smallest absolute Gasteiger partial charge is 0.295 e. The van der Waals surface area contributed by atoms with E-state index < -0.39 is 40.9 Å². The van der Waals surface area contributed by atoms with Crippen molar-refractivity contribution in [2.45, 2.75) is 13.0 Å². The molecule has 0 radical (unpaired) electrons. The van der Waals surface area contributed by atoms with E-state index in [1.54, 1.807) is 24.3 Å². The molecule has 1 saturated heterocycles. The molecule has 0 bridgehead atoms. The first-order valence-electron chi connectivity index (χ1n) is 8.50. The number of nitro benzene ring substituents is 1. The van der Waals surface area contributed by atoms with Gasteiger partial charge in [-0.3, -0.25) is 19.7 Å². The number of carbonyl (C=O) groups is 3. The average Bonchev–Trinajstić information content (AvgIpc) is 2.92. The number of hydrogen-bond acceptors (Lipinski definition) is 7. The van der Waals surface area contributed by atoms with Gasteiger partial charge in [0, 0.05) is 17.7 Å². The van der Waals surface area contributed by atoms with Crippen molar-refractivity contribution in [1.29, 1.82) is 0 Å². The lowest BCUT2D eigenvalue weighted by Gasteiger charge is -2.25. The molecule has 0 aromatic heterocycles. The monoisotopic (exact) mass is 395 g/mol. The summed E-state index contributed by atoms with van der Waals surface area (Å²) in [6, 6.07) is 10.3. The van der Waals surface area contributed by atoms with Gasteiger partial charge < -0.3 is 19.9 Å². The third-order valence-corrected chi connectivity index (χ3v) is 4.56. The lowest BCUT2D eigenvalue weighted by molar-refractivity contribution is -0.384. The van der Waals surface area contributed by atoms with Crippen molar-refractivity contribution < 1.29 is 29.5 Å². The van der Waals surface area contributed by atoms with E-state index in [-0.39, 0.29) is 22.4 Å². The van der Waals surface area contributed by atoms with E-state index >= 15 is 0 Å². The number of aliphatic hydroxyl groups excluding tert-OH is 1. The first-order valence-corrected chi connectivity index (χ1v) is 8.50. The maximum absolute atomic E-state index is 12.6. The standard InChI is InChI=1S/C20H16N2O7/c1-11-5-7-12(8-6-11)18(25)16-17(13-3-2-4-14(9-13)22(28)29)21(10-15(23)24)20(27)19(16)26/h2-9,17,25H,10H2,1H3,(H,23,24)/p-1/t17-/m1/s1. The summed E-state index contributed by atoms with van der Waals surface area (Å²) in [6.07, 6.45) is 0. The van der Waals surface area contributed by atoms with Crippen LogP contribution in [0.15, 0.2) is 54.1 Å². The largest absolute Gasteiger partial charge is 0.548 e. The number of carbonyl (C=O) groups excluding carboxylic acids is 3. The van der Waals surface area contributed by atoms with Crippen molar-refractivity contribution in [1.82, 2.24) is 4.90 Å². The van der Waals surface area contributed by atoms with Gasteiger partial charge in [-0.1, -0.05) is 42.0 Å². The molecule has 29 heavy (non-hydrogen) atoms. The molecule has 0 spiro atoms. The first kappa shape index (κ1) is 19.7. The highest BCUT2D eigenvalue weighted by Gasteiger charge is 2.46. The number of amides is 1. The molecular weight excluding hydrogens is 380 g/mol. The van der Waals surface area contributed by atoms with Crippen LogP contribution in [-0.4, -0.2) is 39.1 Å². The van der Waals surface area contributed by atoms with Gasteiger partial charge in [0.05, 0.1) is 29.1 Å². The van der Waals surface area contributed by atoms with Crippen molar-refractivity contribution in [2.75, 3.05) is 6.54 Å². The number of aryl methyl sites for hydroxylation is 1. The summed E-state index contributed by atoms with van der Waals surface area (Å²) in [4.78, 5) is 47.4. The highest BCUT2D eigenvalue weighted by molar-refractivity contribution is 6.46. The van der Waals surface area contributed by atoms with Crippen LogP contribution in [0, 0.1) is 17.0 Å². The van der Waals surface area contributed by atoms with E-state index in [9.17, 15) is 34.7 Å². The second-order valence-electron chi connectivity index (χ2n) is 6.52. The van der Waals surface area contributed by atoms with Gasteiger partial charge in [-0.15, -0.1) is 0 Å². The van der Waals surface area contributed by atoms with E-state index in [1.807, 2.05) is 6.92 Å². The quantitative estimate of drug-likeness (QED) is 0.262. The minimum atomic E-state index is -1.61. The zero-order valence-corrected chi connectivity index (χ0v) is 15.2. The Bertz CT molecular complexity index is 1060. The van der Waals surface area contributed by atoms with E-state index in [0.29, 0.717) is 0 Å². The molecule has 2 aromatic rings. The maximum atomic E-state index is 12.6. The predicted molar refractivity (Wildman–Crippen MR) is 98.3 cm³/mol. The molecule has 1 fully saturated rings. The Morgan fingerprint density at radius 2 is 1.83 bits per heavy atom. The molecule has 3 rings (SSSR count). The molecule has 0 unspecified atom stereocenters. The van der Waals surface area contributed by atoms with Gasteiger partial charge in [0.25, 0.3) is 17.4 Å². The fraction of sp³-hybridized carbons (Fsp3) is 0.150. The van der Waals surface area contributed by atoms with Gasteiger partial charge in [-0.2, -0.15) is 0 Å². The number of hydrogen-bond donors (Lipinski definition) is 1. The molecule has 148 valence electrons. The van der Waals surface area contributed by atoms with Crippen LogP contribution < -0.4 is 5.11 Å². The molecule has 1 heterocycles. The number of benzene rings is 2. The second kappa shape index (κ2) is 7.55. The number of nitro groups is 1. The Balaban J connectivity index is 2.22. The van der Waals surface area contributed by atoms with Crippen molar-refractivity contribution >= 4 is 29.1 Å². The van der Waals surface area contributed by atoms with Gasteiger partial charge in [-0.05, 0) is 12.5 Å². The van der Waals surface area contributed by atoms with Crippen LogP contribution >= 0.6 is 0 Å². The minimum absolute atomic E-state index is 0.119. The molecule has 9 heteroatoms. The Morgan fingerprint density at radius 3 is 2.41 bits per heavy atom. The number of aliphatic carboxylic acids is 1. The molecule has 9 nitrogen and oxygen atoms in total. The summed E-state index contributed by atoms with van der Waals surface area (Å²) in [6.45, 7) is 0.911. The molecule has 1 amide bonds. The summed E-state index contributed by atoms with van der Waals surface area (Å²) in [5, 5.41) is 33.0. The number of carboxylic acid groups (broad SMARTS) is 1. The second-order valence-corrected chi connectivity index (χ2v) is 6.52. The molecule has 0 aliphatic carbocycles. The van der Waals surface area contributed by atoms with E-state index in [0.717, 1.165) is 16.5 Å². The number of nitrogens with zero attached hydrogens (tertiary/aromatic N) is 2. The number of Topliss-reactive ketones (excluding diaryl/α,β-unsaturated/α-hetero) is 1. The molecule has 0 saturated carbocycles. The zero-order valence-electron chi connectivity index (χ0n) is 15.2. The van der Waals surface area contributed by atoms with Crippen molar-refractivity contribution in [3.8, 4) is 0 Å². The van der Waals surface area contributed by atoms with Crippen LogP contribution in [0.5, 0.6) is 0 Å². The normalized spacial score (nSPS) is 18.1. The van der Waals surface area contributed by atoms with Crippen LogP contribution in [0.4, 0.5) is 5.69 Å². The van der Waals surface area contributed by atoms with Gasteiger partial charge in [0.1, 0.15) is 5.76 Å². The topological polar surface area (TPSA) is 141 Å². The summed E-state index contributed by atoms with van der Waals surface area (Å²) < 4.78 is 0. The Kier molecular flexibility index (Phi) is 5.14. The molecule has 1 atom stereocenters. The van der Waals surface area contributed by atoms with Crippen LogP contribution in [0.2, 0.25) is 0 Å². The molecular formula is C20H15N2O7-. The van der Waals surface area contributed by atoms with Crippen LogP contribution in [-0.2, 0) is 14.4 Å². The highest BCUT2D eigenvalue weighted by Crippen LogP contribution is 2.39. The number of aliphatic hydroxyl groups is 1. The van der Waals surface area contributed by atoms with Crippen molar-refractivity contribution in [3.63, 3.8) is 0 Å². The molecule has 1 N–H and O–H groups in total. The Morgan fingerprint density at radius 1 is 1.17 bits per heavy atom. The number of ketones is 1. The number of likely N-dealkylation sites (tertiary alicyclic amines) is 1. The summed E-state index contributed by atoms with van der Waals surface area (Å²) >= 11 is 0. The Hall–Kier alpha value is -4.01. The van der Waals surface area contributed by atoms with Gasteiger partial charge in [-0.25, -0.2) is 0 Å². The van der Waals surface area contributed by atoms with Crippen molar-refractivity contribution in [2.24, 2.45) is 0 Å². The zero-order chi connectivity index (χ0) is 21.3. The number of non-ortho nitro benzene ring substituents is 1. The van der Waals surface area contributed by atoms with Crippen LogP contribution in [0.1, 0.15) is 22.7 Å². The third-order valence-electron chi connectivity index (χ3n) is 4.56. The average molecular weight is 395 g/mol.